The van der Waals surface area contributed by atoms with E-state index in [1.54, 1.807) is 0 Å². The number of piperazine rings is 1. The summed E-state index contributed by atoms with van der Waals surface area (Å²) in [6.45, 7) is 7.11. The van der Waals surface area contributed by atoms with Gasteiger partial charge in [-0.3, -0.25) is 4.79 Å². The van der Waals surface area contributed by atoms with Crippen molar-refractivity contribution < 1.29 is 4.79 Å². The first kappa shape index (κ1) is 22.1. The van der Waals surface area contributed by atoms with E-state index in [0.29, 0.717) is 5.82 Å². The maximum Gasteiger partial charge on any atom is 0.228 e. The molecule has 0 aliphatic carbocycles. The number of hydrogen-bond acceptors (Lipinski definition) is 8. The number of para-hydroxylation sites is 1. The van der Waals surface area contributed by atoms with Crippen molar-refractivity contribution in [2.75, 3.05) is 59.3 Å². The van der Waals surface area contributed by atoms with Crippen molar-refractivity contribution in [1.82, 2.24) is 20.2 Å². The Morgan fingerprint density at radius 1 is 0.824 bits per heavy atom. The zero-order valence-electron chi connectivity index (χ0n) is 19.5. The lowest BCUT2D eigenvalue weighted by molar-refractivity contribution is -0.120. The van der Waals surface area contributed by atoms with Crippen LogP contribution in [0.3, 0.4) is 0 Å². The third-order valence-corrected chi connectivity index (χ3v) is 6.60. The van der Waals surface area contributed by atoms with Crippen LogP contribution >= 0.6 is 0 Å². The number of nitrogens with zero attached hydrogens (tertiary/aromatic N) is 7. The largest absolute Gasteiger partial charge is 0.368 e. The molecule has 2 aromatic heterocycles. The van der Waals surface area contributed by atoms with Crippen molar-refractivity contribution in [3.8, 4) is 0 Å². The zero-order valence-corrected chi connectivity index (χ0v) is 19.5. The number of hydrogen-bond donors (Lipinski definition) is 1. The highest BCUT2D eigenvalue weighted by molar-refractivity contribution is 5.92. The highest BCUT2D eigenvalue weighted by Gasteiger charge is 2.26. The fourth-order valence-corrected chi connectivity index (χ4v) is 4.58. The summed E-state index contributed by atoms with van der Waals surface area (Å²) in [4.78, 5) is 28.5. The third-order valence-electron chi connectivity index (χ3n) is 6.60. The number of anilines is 4. The summed E-state index contributed by atoms with van der Waals surface area (Å²) in [5.41, 5.74) is 2.15. The van der Waals surface area contributed by atoms with Gasteiger partial charge >= 0.3 is 0 Å². The van der Waals surface area contributed by atoms with Crippen LogP contribution in [0.1, 0.15) is 18.5 Å². The predicted molar refractivity (Wildman–Crippen MR) is 133 cm³/mol. The molecule has 0 radical (unpaired) electrons. The number of carbonyl (C=O) groups excluding carboxylic acids is 1. The molecule has 0 saturated carbocycles. The minimum Gasteiger partial charge on any atom is -0.368 e. The van der Waals surface area contributed by atoms with Gasteiger partial charge in [-0.1, -0.05) is 18.2 Å². The number of carbonyl (C=O) groups is 1. The highest BCUT2D eigenvalue weighted by atomic mass is 16.2. The van der Waals surface area contributed by atoms with Crippen molar-refractivity contribution in [3.63, 3.8) is 0 Å². The normalized spacial score (nSPS) is 17.0. The molecule has 5 rings (SSSR count). The van der Waals surface area contributed by atoms with Crippen LogP contribution < -0.4 is 20.0 Å². The minimum atomic E-state index is -0.0394. The van der Waals surface area contributed by atoms with Gasteiger partial charge in [0.1, 0.15) is 18.0 Å². The molecule has 1 amide bonds. The van der Waals surface area contributed by atoms with Crippen molar-refractivity contribution in [2.24, 2.45) is 5.92 Å². The molecule has 0 bridgehead atoms. The van der Waals surface area contributed by atoms with Gasteiger partial charge in [0.15, 0.2) is 5.82 Å². The maximum atomic E-state index is 12.9. The molecule has 34 heavy (non-hydrogen) atoms. The summed E-state index contributed by atoms with van der Waals surface area (Å²) in [5, 5.41) is 11.4. The molecule has 1 aromatic carbocycles. The topological polar surface area (TPSA) is 90.4 Å². The Bertz CT molecular complexity index is 1090. The number of aromatic nitrogens is 4. The Morgan fingerprint density at radius 2 is 1.53 bits per heavy atom. The Hall–Kier alpha value is -3.75. The first-order valence-electron chi connectivity index (χ1n) is 11.9. The molecule has 9 nitrogen and oxygen atoms in total. The average Bonchev–Trinajstić information content (AvgIpc) is 2.90. The SMILES string of the molecule is Cc1ccc(N2CCC(C(=O)Nc3cc(N4CCN(c5ccccc5)CC4)ncn3)CC2)nn1. The number of piperidine rings is 1. The molecule has 4 heterocycles. The van der Waals surface area contributed by atoms with Crippen molar-refractivity contribution in [1.29, 1.82) is 0 Å². The van der Waals surface area contributed by atoms with E-state index in [2.05, 4.69) is 64.4 Å². The molecular formula is C25H30N8O. The summed E-state index contributed by atoms with van der Waals surface area (Å²) >= 11 is 0. The Kier molecular flexibility index (Phi) is 6.51. The number of benzene rings is 1. The van der Waals surface area contributed by atoms with E-state index in [9.17, 15) is 4.79 Å². The van der Waals surface area contributed by atoms with Crippen LogP contribution in [0.2, 0.25) is 0 Å². The van der Waals surface area contributed by atoms with Gasteiger partial charge in [-0.25, -0.2) is 9.97 Å². The standard InChI is InChI=1S/C25H30N8O/c1-19-7-8-23(30-29-19)32-11-9-20(10-12-32)25(34)28-22-17-24(27-18-26-22)33-15-13-31(14-16-33)21-5-3-2-4-6-21/h2-8,17-18,20H,9-16H2,1H3,(H,26,27,28,34). The fourth-order valence-electron chi connectivity index (χ4n) is 4.58. The lowest BCUT2D eigenvalue weighted by Crippen LogP contribution is -2.46. The van der Waals surface area contributed by atoms with Crippen LogP contribution in [0.15, 0.2) is 54.9 Å². The van der Waals surface area contributed by atoms with Crippen LogP contribution in [-0.2, 0) is 4.79 Å². The van der Waals surface area contributed by atoms with E-state index in [1.165, 1.54) is 12.0 Å². The van der Waals surface area contributed by atoms with E-state index < -0.39 is 0 Å². The Labute approximate surface area is 199 Å². The van der Waals surface area contributed by atoms with E-state index >= 15 is 0 Å². The first-order valence-corrected chi connectivity index (χ1v) is 11.9. The summed E-state index contributed by atoms with van der Waals surface area (Å²) in [6, 6.07) is 16.3. The van der Waals surface area contributed by atoms with E-state index in [4.69, 9.17) is 0 Å². The molecule has 2 aliphatic heterocycles. The van der Waals surface area contributed by atoms with Gasteiger partial charge < -0.3 is 20.0 Å². The third kappa shape index (κ3) is 5.08. The molecule has 176 valence electrons. The second kappa shape index (κ2) is 10.0. The Morgan fingerprint density at radius 3 is 2.24 bits per heavy atom. The quantitative estimate of drug-likeness (QED) is 0.624. The van der Waals surface area contributed by atoms with Gasteiger partial charge in [0.25, 0.3) is 0 Å². The monoisotopic (exact) mass is 458 g/mol. The van der Waals surface area contributed by atoms with Gasteiger partial charge in [0, 0.05) is 56.9 Å². The van der Waals surface area contributed by atoms with Crippen LogP contribution in [0, 0.1) is 12.8 Å². The molecule has 0 atom stereocenters. The van der Waals surface area contributed by atoms with Gasteiger partial charge in [0.2, 0.25) is 5.91 Å². The van der Waals surface area contributed by atoms with Gasteiger partial charge in [0.05, 0.1) is 5.69 Å². The summed E-state index contributed by atoms with van der Waals surface area (Å²) in [7, 11) is 0. The van der Waals surface area contributed by atoms with Crippen LogP contribution in [0.5, 0.6) is 0 Å². The van der Waals surface area contributed by atoms with E-state index in [-0.39, 0.29) is 11.8 Å². The van der Waals surface area contributed by atoms with Crippen LogP contribution in [0.25, 0.3) is 0 Å². The maximum absolute atomic E-state index is 12.9. The molecule has 0 spiro atoms. The van der Waals surface area contributed by atoms with Crippen molar-refractivity contribution >= 4 is 29.0 Å². The van der Waals surface area contributed by atoms with Crippen LogP contribution in [-0.4, -0.2) is 65.3 Å². The number of rotatable bonds is 5. The summed E-state index contributed by atoms with van der Waals surface area (Å²) < 4.78 is 0. The molecular weight excluding hydrogens is 428 g/mol. The van der Waals surface area contributed by atoms with Crippen molar-refractivity contribution in [2.45, 2.75) is 19.8 Å². The molecule has 2 fully saturated rings. The van der Waals surface area contributed by atoms with E-state index in [1.807, 2.05) is 31.2 Å². The van der Waals surface area contributed by atoms with Crippen LogP contribution in [0.4, 0.5) is 23.1 Å². The lowest BCUT2D eigenvalue weighted by atomic mass is 9.96. The molecule has 3 aromatic rings. The predicted octanol–water partition coefficient (Wildman–Crippen LogP) is 2.76. The first-order chi connectivity index (χ1) is 16.7. The summed E-state index contributed by atoms with van der Waals surface area (Å²) in [5.74, 6) is 2.27. The van der Waals surface area contributed by atoms with Gasteiger partial charge in [-0.2, -0.15) is 5.10 Å². The molecule has 2 aliphatic rings. The van der Waals surface area contributed by atoms with Crippen molar-refractivity contribution in [3.05, 3.63) is 60.6 Å². The molecule has 2 saturated heterocycles. The zero-order chi connectivity index (χ0) is 23.3. The molecule has 1 N–H and O–H groups in total. The number of nitrogens with one attached hydrogen (secondary N) is 1. The molecule has 9 heteroatoms. The van der Waals surface area contributed by atoms with E-state index in [0.717, 1.165) is 69.4 Å². The minimum absolute atomic E-state index is 0.0215. The smallest absolute Gasteiger partial charge is 0.228 e. The Balaban J connectivity index is 1.14. The van der Waals surface area contributed by atoms with Gasteiger partial charge in [-0.05, 0) is 44.0 Å². The van der Waals surface area contributed by atoms with Gasteiger partial charge in [-0.15, -0.1) is 5.10 Å². The molecule has 0 unspecified atom stereocenters. The average molecular weight is 459 g/mol. The highest BCUT2D eigenvalue weighted by Crippen LogP contribution is 2.24. The lowest BCUT2D eigenvalue weighted by Gasteiger charge is -2.36. The fraction of sp³-hybridized carbons (Fsp3) is 0.400. The number of amides is 1. The second-order valence-corrected chi connectivity index (χ2v) is 8.85. The summed E-state index contributed by atoms with van der Waals surface area (Å²) in [6.07, 6.45) is 3.09. The number of aryl methyl sites for hydroxylation is 1. The second-order valence-electron chi connectivity index (χ2n) is 8.85.